The molecule has 60 heavy (non-hydrogen) atoms. The van der Waals surface area contributed by atoms with E-state index >= 15 is 0 Å². The third kappa shape index (κ3) is 12.0. The van der Waals surface area contributed by atoms with Gasteiger partial charge in [0, 0.05) is 10.7 Å². The number of aryl methyl sites for hydroxylation is 3. The maximum atomic E-state index is 13.0. The number of aromatic nitrogens is 4. The second-order valence-corrected chi connectivity index (χ2v) is 15.5. The van der Waals surface area contributed by atoms with Crippen molar-refractivity contribution in [1.82, 2.24) is 20.0 Å². The number of benzene rings is 6. The van der Waals surface area contributed by atoms with Crippen LogP contribution in [0.2, 0.25) is 0 Å². The first kappa shape index (κ1) is 43.6. The number of halogens is 6. The van der Waals surface area contributed by atoms with Crippen LogP contribution in [0.3, 0.4) is 0 Å². The van der Waals surface area contributed by atoms with E-state index in [9.17, 15) is 17.6 Å². The largest absolute Gasteiger partial charge is 0.473 e. The second kappa shape index (κ2) is 20.3. The average molecular weight is 941 g/mol. The van der Waals surface area contributed by atoms with Gasteiger partial charge in [0.05, 0.1) is 33.0 Å². The molecule has 0 amide bonds. The summed E-state index contributed by atoms with van der Waals surface area (Å²) >= 11 is 6.32. The Morgan fingerprint density at radius 3 is 1.70 bits per heavy atom. The Labute approximate surface area is 363 Å². The van der Waals surface area contributed by atoms with Gasteiger partial charge < -0.3 is 9.47 Å². The zero-order valence-corrected chi connectivity index (χ0v) is 36.0. The van der Waals surface area contributed by atoms with Crippen LogP contribution >= 0.6 is 31.9 Å². The SMILES string of the molecule is Cc1ccc(-c2cn(-c3ccc(C(F)(F)F)cc3Br)nc2OCc2ccccc2)cc1.Cc1ccc(-c2cn[nH]c2OCc2ccccc2)cc1.Cc1ccc(F)c(Br)c1. The summed E-state index contributed by atoms with van der Waals surface area (Å²) in [7, 11) is 0. The zero-order valence-electron chi connectivity index (χ0n) is 32.9. The molecule has 0 fully saturated rings. The van der Waals surface area contributed by atoms with Crippen molar-refractivity contribution in [3.05, 3.63) is 206 Å². The number of nitrogens with zero attached hydrogens (tertiary/aromatic N) is 3. The summed E-state index contributed by atoms with van der Waals surface area (Å²) < 4.78 is 65.7. The highest BCUT2D eigenvalue weighted by molar-refractivity contribution is 9.10. The van der Waals surface area contributed by atoms with Gasteiger partial charge in [-0.3, -0.25) is 0 Å². The van der Waals surface area contributed by atoms with Crippen molar-refractivity contribution in [1.29, 1.82) is 0 Å². The van der Waals surface area contributed by atoms with Crippen LogP contribution < -0.4 is 9.47 Å². The first-order valence-corrected chi connectivity index (χ1v) is 20.3. The van der Waals surface area contributed by atoms with Gasteiger partial charge in [-0.2, -0.15) is 18.3 Å². The molecule has 0 saturated carbocycles. The Morgan fingerprint density at radius 2 is 1.17 bits per heavy atom. The van der Waals surface area contributed by atoms with E-state index < -0.39 is 11.7 Å². The summed E-state index contributed by atoms with van der Waals surface area (Å²) in [5.74, 6) is 0.901. The van der Waals surface area contributed by atoms with Crippen LogP contribution in [0.1, 0.15) is 33.4 Å². The number of hydrogen-bond donors (Lipinski definition) is 1. The molecule has 0 unspecified atom stereocenters. The first-order valence-electron chi connectivity index (χ1n) is 18.7. The number of ether oxygens (including phenoxy) is 2. The first-order chi connectivity index (χ1) is 28.8. The highest BCUT2D eigenvalue weighted by Gasteiger charge is 2.31. The molecule has 2 heterocycles. The molecule has 306 valence electrons. The molecule has 0 aliphatic heterocycles. The van der Waals surface area contributed by atoms with Crippen molar-refractivity contribution >= 4 is 31.9 Å². The topological polar surface area (TPSA) is 65.0 Å². The molecule has 2 aromatic heterocycles. The zero-order chi connectivity index (χ0) is 42.6. The highest BCUT2D eigenvalue weighted by Crippen LogP contribution is 2.36. The van der Waals surface area contributed by atoms with E-state index in [2.05, 4.69) is 78.3 Å². The molecule has 0 aliphatic carbocycles. The lowest BCUT2D eigenvalue weighted by molar-refractivity contribution is -0.137. The van der Waals surface area contributed by atoms with Gasteiger partial charge in [0.25, 0.3) is 0 Å². The quantitative estimate of drug-likeness (QED) is 0.146. The fourth-order valence-electron chi connectivity index (χ4n) is 5.77. The van der Waals surface area contributed by atoms with E-state index in [0.717, 1.165) is 56.6 Å². The van der Waals surface area contributed by atoms with Gasteiger partial charge in [-0.05, 0) is 111 Å². The summed E-state index contributed by atoms with van der Waals surface area (Å²) in [5, 5.41) is 11.5. The Balaban J connectivity index is 0.000000176. The van der Waals surface area contributed by atoms with E-state index in [4.69, 9.17) is 9.47 Å². The van der Waals surface area contributed by atoms with Gasteiger partial charge in [0.15, 0.2) is 0 Å². The third-order valence-corrected chi connectivity index (χ3v) is 10.3. The van der Waals surface area contributed by atoms with E-state index in [-0.39, 0.29) is 10.3 Å². The van der Waals surface area contributed by atoms with Crippen LogP contribution in [-0.2, 0) is 19.4 Å². The third-order valence-electron chi connectivity index (χ3n) is 9.05. The van der Waals surface area contributed by atoms with Crippen molar-refractivity contribution in [2.24, 2.45) is 0 Å². The predicted octanol–water partition coefficient (Wildman–Crippen LogP) is 14.1. The van der Waals surface area contributed by atoms with Crippen molar-refractivity contribution in [3.8, 4) is 39.7 Å². The molecular formula is C48H40Br2F4N4O2. The van der Waals surface area contributed by atoms with Gasteiger partial charge in [-0.1, -0.05) is 126 Å². The number of rotatable bonds is 9. The van der Waals surface area contributed by atoms with Crippen molar-refractivity contribution in [2.45, 2.75) is 40.2 Å². The number of nitrogens with one attached hydrogen (secondary N) is 1. The maximum absolute atomic E-state index is 13.0. The van der Waals surface area contributed by atoms with E-state index in [1.807, 2.05) is 98.8 Å². The van der Waals surface area contributed by atoms with E-state index in [0.29, 0.717) is 35.1 Å². The highest BCUT2D eigenvalue weighted by atomic mass is 79.9. The molecule has 8 rings (SSSR count). The summed E-state index contributed by atoms with van der Waals surface area (Å²) in [4.78, 5) is 0. The molecule has 0 radical (unpaired) electrons. The van der Waals surface area contributed by atoms with Crippen LogP contribution in [0, 0.1) is 26.6 Å². The lowest BCUT2D eigenvalue weighted by atomic mass is 10.1. The smallest absolute Gasteiger partial charge is 0.416 e. The van der Waals surface area contributed by atoms with Gasteiger partial charge in [-0.25, -0.2) is 14.2 Å². The molecule has 0 spiro atoms. The molecule has 0 saturated heterocycles. The molecule has 0 atom stereocenters. The van der Waals surface area contributed by atoms with Gasteiger partial charge >= 0.3 is 6.18 Å². The Kier molecular flexibility index (Phi) is 14.8. The molecule has 6 nitrogen and oxygen atoms in total. The monoisotopic (exact) mass is 938 g/mol. The molecule has 8 aromatic rings. The van der Waals surface area contributed by atoms with Crippen LogP contribution in [-0.4, -0.2) is 20.0 Å². The van der Waals surface area contributed by atoms with Gasteiger partial charge in [-0.15, -0.1) is 5.10 Å². The fourth-order valence-corrected chi connectivity index (χ4v) is 6.82. The minimum atomic E-state index is -4.41. The normalized spacial score (nSPS) is 10.9. The summed E-state index contributed by atoms with van der Waals surface area (Å²) in [6, 6.07) is 44.4. The number of alkyl halides is 3. The van der Waals surface area contributed by atoms with Crippen molar-refractivity contribution in [2.75, 3.05) is 0 Å². The van der Waals surface area contributed by atoms with Crippen LogP contribution in [0.15, 0.2) is 167 Å². The molecule has 0 bridgehead atoms. The van der Waals surface area contributed by atoms with Gasteiger partial charge in [0.1, 0.15) is 19.0 Å². The average Bonchev–Trinajstić information content (AvgIpc) is 3.90. The van der Waals surface area contributed by atoms with E-state index in [1.54, 1.807) is 24.5 Å². The molecule has 6 aromatic carbocycles. The fraction of sp³-hybridized carbons (Fsp3) is 0.125. The molecule has 12 heteroatoms. The summed E-state index contributed by atoms with van der Waals surface area (Å²) in [6.07, 6.45) is -0.856. The summed E-state index contributed by atoms with van der Waals surface area (Å²) in [5.41, 5.74) is 9.05. The maximum Gasteiger partial charge on any atom is 0.416 e. The minimum Gasteiger partial charge on any atom is -0.473 e. The molecule has 0 aliphatic rings. The Hall–Kier alpha value is -5.98. The predicted molar refractivity (Wildman–Crippen MR) is 236 cm³/mol. The molecule has 1 N–H and O–H groups in total. The summed E-state index contributed by atoms with van der Waals surface area (Å²) in [6.45, 7) is 6.85. The molecular weight excluding hydrogens is 900 g/mol. The number of H-pyrrole nitrogens is 1. The standard InChI is InChI=1S/C24H18BrF3N2O.C17H16N2O.C7H6BrF/c1-16-7-9-18(10-8-16)20-14-30(22-12-11-19(13-21(22)25)24(26,27)28)29-23(20)31-15-17-5-3-2-4-6-17;1-13-7-9-15(10-8-13)16-11-18-19-17(16)20-12-14-5-3-2-4-6-14;1-5-2-3-7(9)6(8)4-5/h2-14H,15H2,1H3;2-11H,12H2,1H3,(H,18,19);2-4H,1H3. The van der Waals surface area contributed by atoms with Crippen LogP contribution in [0.5, 0.6) is 11.8 Å². The van der Waals surface area contributed by atoms with Crippen molar-refractivity contribution in [3.63, 3.8) is 0 Å². The number of hydrogen-bond acceptors (Lipinski definition) is 4. The van der Waals surface area contributed by atoms with E-state index in [1.165, 1.54) is 22.4 Å². The Morgan fingerprint density at radius 1 is 0.617 bits per heavy atom. The Bertz CT molecular complexity index is 2600. The van der Waals surface area contributed by atoms with Crippen LogP contribution in [0.25, 0.3) is 27.9 Å². The second-order valence-electron chi connectivity index (χ2n) is 13.8. The lowest BCUT2D eigenvalue weighted by Crippen LogP contribution is -2.06. The minimum absolute atomic E-state index is 0.208. The van der Waals surface area contributed by atoms with Crippen LogP contribution in [0.4, 0.5) is 17.6 Å². The van der Waals surface area contributed by atoms with Gasteiger partial charge in [0.2, 0.25) is 11.8 Å². The van der Waals surface area contributed by atoms with Crippen molar-refractivity contribution < 1.29 is 27.0 Å². The number of aromatic amines is 1. The lowest BCUT2D eigenvalue weighted by Gasteiger charge is -2.10.